The molecule has 3 aromatic carbocycles. The lowest BCUT2D eigenvalue weighted by atomic mass is 10.0. The number of amides is 2. The van der Waals surface area contributed by atoms with Crippen LogP contribution in [0.2, 0.25) is 0 Å². The van der Waals surface area contributed by atoms with Gasteiger partial charge < -0.3 is 10.2 Å². The summed E-state index contributed by atoms with van der Waals surface area (Å²) in [5.74, 6) is -0.778. The normalized spacial score (nSPS) is 12.5. The number of rotatable bonds is 6. The van der Waals surface area contributed by atoms with Crippen molar-refractivity contribution >= 4 is 39.1 Å². The lowest BCUT2D eigenvalue weighted by molar-refractivity contribution is 0.0729. The third-order valence-corrected chi connectivity index (χ3v) is 8.55. The van der Waals surface area contributed by atoms with Crippen LogP contribution < -0.4 is 10.9 Å². The van der Waals surface area contributed by atoms with E-state index in [1.165, 1.54) is 12.1 Å². The zero-order valence-electron chi connectivity index (χ0n) is 23.7. The van der Waals surface area contributed by atoms with Crippen molar-refractivity contribution in [2.45, 2.75) is 25.8 Å². The molecule has 0 unspecified atom stereocenters. The number of aromatic nitrogens is 3. The Morgan fingerprint density at radius 2 is 1.77 bits per heavy atom. The molecule has 0 aliphatic carbocycles. The molecule has 220 valence electrons. The molecule has 44 heavy (non-hydrogen) atoms. The Morgan fingerprint density at radius 1 is 1.05 bits per heavy atom. The highest BCUT2D eigenvalue weighted by Gasteiger charge is 2.29. The molecule has 2 aromatic heterocycles. The average Bonchev–Trinajstić information content (AvgIpc) is 3.48. The molecule has 0 fully saturated rings. The molecule has 9 nitrogen and oxygen atoms in total. The Hall–Kier alpha value is -5.08. The van der Waals surface area contributed by atoms with E-state index in [-0.39, 0.29) is 29.7 Å². The van der Waals surface area contributed by atoms with E-state index < -0.39 is 0 Å². The molecule has 0 radical (unpaired) electrons. The van der Waals surface area contributed by atoms with Gasteiger partial charge in [0, 0.05) is 40.3 Å². The summed E-state index contributed by atoms with van der Waals surface area (Å²) in [6.07, 6.45) is 3.18. The van der Waals surface area contributed by atoms with Crippen molar-refractivity contribution in [1.82, 2.24) is 24.4 Å². The third-order valence-electron chi connectivity index (χ3n) is 7.88. The van der Waals surface area contributed by atoms with Crippen molar-refractivity contribution in [2.75, 3.05) is 13.6 Å². The number of fused-ring (bicyclic) bond motifs is 3. The van der Waals surface area contributed by atoms with E-state index in [2.05, 4.69) is 26.1 Å². The number of carbonyl (C=O) groups is 2. The minimum Gasteiger partial charge on any atom is -0.355 e. The molecule has 0 spiro atoms. The van der Waals surface area contributed by atoms with Gasteiger partial charge in [0.15, 0.2) is 0 Å². The standard InChI is InChI=1S/C33H26BrFN6O3/c1-36-28-17-22(9-14-27(28)34)32(43)39-16-15-26-29(19-39)41-31(23(18-38-41)6-3-20-4-10-24(35)11-5-20)40(33(26)44)25-12-7-21(8-13-25)30(42)37-2/h4-5,7-14,17-18H,3,6,15-16,19H2,2H3,(H,37,42). The van der Waals surface area contributed by atoms with Crippen molar-refractivity contribution in [1.29, 1.82) is 0 Å². The molecular weight excluding hydrogens is 627 g/mol. The van der Waals surface area contributed by atoms with E-state index in [1.54, 1.807) is 81.8 Å². The Bertz CT molecular complexity index is 2030. The topological polar surface area (TPSA) is 93.1 Å². The monoisotopic (exact) mass is 652 g/mol. The zero-order chi connectivity index (χ0) is 31.0. The highest BCUT2D eigenvalue weighted by Crippen LogP contribution is 2.29. The van der Waals surface area contributed by atoms with Gasteiger partial charge >= 0.3 is 0 Å². The van der Waals surface area contributed by atoms with Gasteiger partial charge in [0.2, 0.25) is 5.69 Å². The van der Waals surface area contributed by atoms with Crippen LogP contribution in [0.4, 0.5) is 10.1 Å². The van der Waals surface area contributed by atoms with Gasteiger partial charge in [-0.2, -0.15) is 5.10 Å². The number of halogens is 2. The minimum absolute atomic E-state index is 0.166. The molecule has 0 bridgehead atoms. The Labute approximate surface area is 260 Å². The number of carbonyl (C=O) groups excluding carboxylic acids is 2. The second-order valence-corrected chi connectivity index (χ2v) is 11.3. The SMILES string of the molecule is [C-]#[N+]c1cc(C(=O)N2CCc3c(n4ncc(CCc5ccc(F)cc5)c4n(-c4ccc(C(=O)NC)cc4)c3=O)C2)ccc1Br. The Balaban J connectivity index is 1.44. The maximum atomic E-state index is 14.2. The molecule has 0 saturated carbocycles. The van der Waals surface area contributed by atoms with Crippen molar-refractivity contribution in [3.8, 4) is 5.69 Å². The Morgan fingerprint density at radius 3 is 2.48 bits per heavy atom. The van der Waals surface area contributed by atoms with Crippen LogP contribution in [-0.4, -0.2) is 44.5 Å². The first-order valence-electron chi connectivity index (χ1n) is 14.0. The fourth-order valence-corrected chi connectivity index (χ4v) is 5.89. The first-order valence-corrected chi connectivity index (χ1v) is 14.7. The fraction of sp³-hybridized carbons (Fsp3) is 0.182. The number of aryl methyl sites for hydroxylation is 2. The summed E-state index contributed by atoms with van der Waals surface area (Å²) >= 11 is 3.34. The quantitative estimate of drug-likeness (QED) is 0.253. The van der Waals surface area contributed by atoms with Crippen LogP contribution in [0.25, 0.3) is 16.2 Å². The van der Waals surface area contributed by atoms with E-state index >= 15 is 0 Å². The van der Waals surface area contributed by atoms with Crippen molar-refractivity contribution in [2.24, 2.45) is 0 Å². The number of nitrogens with zero attached hydrogens (tertiary/aromatic N) is 5. The molecule has 1 N–H and O–H groups in total. The molecule has 3 heterocycles. The lowest BCUT2D eigenvalue weighted by Crippen LogP contribution is -2.41. The summed E-state index contributed by atoms with van der Waals surface area (Å²) in [5, 5.41) is 7.30. The minimum atomic E-state index is -0.307. The lowest BCUT2D eigenvalue weighted by Gasteiger charge is -2.30. The van der Waals surface area contributed by atoms with Crippen LogP contribution in [0, 0.1) is 12.4 Å². The van der Waals surface area contributed by atoms with E-state index in [4.69, 9.17) is 11.7 Å². The first-order chi connectivity index (χ1) is 21.3. The number of benzene rings is 3. The molecule has 0 saturated heterocycles. The molecule has 1 aliphatic heterocycles. The molecule has 6 rings (SSSR count). The van der Waals surface area contributed by atoms with Crippen LogP contribution in [0.5, 0.6) is 0 Å². The molecular formula is C33H26BrFN6O3. The first kappa shape index (κ1) is 29.0. The van der Waals surface area contributed by atoms with Gasteiger partial charge in [0.1, 0.15) is 11.5 Å². The van der Waals surface area contributed by atoms with E-state index in [9.17, 15) is 18.8 Å². The average molecular weight is 654 g/mol. The van der Waals surface area contributed by atoms with Gasteiger partial charge in [-0.15, -0.1) is 0 Å². The summed E-state index contributed by atoms with van der Waals surface area (Å²) < 4.78 is 17.5. The van der Waals surface area contributed by atoms with Crippen molar-refractivity contribution in [3.63, 3.8) is 0 Å². The van der Waals surface area contributed by atoms with E-state index in [0.29, 0.717) is 69.7 Å². The van der Waals surface area contributed by atoms with Crippen molar-refractivity contribution in [3.05, 3.63) is 138 Å². The summed E-state index contributed by atoms with van der Waals surface area (Å²) in [4.78, 5) is 45.0. The highest BCUT2D eigenvalue weighted by atomic mass is 79.9. The van der Waals surface area contributed by atoms with Gasteiger partial charge in [-0.05, 0) is 67.3 Å². The summed E-state index contributed by atoms with van der Waals surface area (Å²) in [7, 11) is 1.56. The van der Waals surface area contributed by atoms with Crippen molar-refractivity contribution < 1.29 is 14.0 Å². The summed E-state index contributed by atoms with van der Waals surface area (Å²) in [6.45, 7) is 7.89. The van der Waals surface area contributed by atoms with E-state index in [1.807, 2.05) is 0 Å². The predicted octanol–water partition coefficient (Wildman–Crippen LogP) is 5.28. The zero-order valence-corrected chi connectivity index (χ0v) is 25.3. The molecule has 11 heteroatoms. The predicted molar refractivity (Wildman–Crippen MR) is 167 cm³/mol. The molecule has 5 aromatic rings. The Kier molecular flexibility index (Phi) is 7.84. The fourth-order valence-electron chi connectivity index (χ4n) is 5.55. The molecule has 0 atom stereocenters. The van der Waals surface area contributed by atoms with Gasteiger partial charge in [0.05, 0.1) is 30.7 Å². The van der Waals surface area contributed by atoms with Crippen LogP contribution >= 0.6 is 15.9 Å². The van der Waals surface area contributed by atoms with Crippen LogP contribution in [0.3, 0.4) is 0 Å². The maximum absolute atomic E-state index is 14.2. The second-order valence-electron chi connectivity index (χ2n) is 10.5. The maximum Gasteiger partial charge on any atom is 0.261 e. The van der Waals surface area contributed by atoms with E-state index in [0.717, 1.165) is 11.1 Å². The van der Waals surface area contributed by atoms with Gasteiger partial charge in [-0.25, -0.2) is 13.8 Å². The summed E-state index contributed by atoms with van der Waals surface area (Å²) in [6, 6.07) is 18.0. The largest absolute Gasteiger partial charge is 0.355 e. The number of nitrogens with one attached hydrogen (secondary N) is 1. The summed E-state index contributed by atoms with van der Waals surface area (Å²) in [5.41, 5.74) is 5.07. The van der Waals surface area contributed by atoms with Crippen LogP contribution in [0.15, 0.2) is 82.2 Å². The highest BCUT2D eigenvalue weighted by molar-refractivity contribution is 9.10. The third kappa shape index (κ3) is 5.29. The second kappa shape index (κ2) is 11.9. The smallest absolute Gasteiger partial charge is 0.261 e. The van der Waals surface area contributed by atoms with Gasteiger partial charge in [-0.1, -0.05) is 40.2 Å². The van der Waals surface area contributed by atoms with Crippen LogP contribution in [0.1, 0.15) is 43.1 Å². The van der Waals surface area contributed by atoms with Crippen LogP contribution in [-0.2, 0) is 25.8 Å². The van der Waals surface area contributed by atoms with Gasteiger partial charge in [-0.3, -0.25) is 19.0 Å². The number of hydrogen-bond acceptors (Lipinski definition) is 4. The van der Waals surface area contributed by atoms with Gasteiger partial charge in [0.25, 0.3) is 17.4 Å². The molecule has 2 amide bonds. The molecule has 1 aliphatic rings. The number of hydrogen-bond donors (Lipinski definition) is 1.